The molecule has 1 aliphatic heterocycles. The monoisotopic (exact) mass is 360 g/mol. The van der Waals surface area contributed by atoms with E-state index >= 15 is 0 Å². The summed E-state index contributed by atoms with van der Waals surface area (Å²) in [6.45, 7) is 1.64. The highest BCUT2D eigenvalue weighted by Crippen LogP contribution is 2.27. The van der Waals surface area contributed by atoms with Gasteiger partial charge in [0.15, 0.2) is 11.7 Å². The van der Waals surface area contributed by atoms with Gasteiger partial charge < -0.3 is 15.0 Å². The number of nitrogens with one attached hydrogen (secondary N) is 1. The Bertz CT molecular complexity index is 546. The molecule has 22 heavy (non-hydrogen) atoms. The summed E-state index contributed by atoms with van der Waals surface area (Å²) in [5, 5.41) is 4.06. The zero-order chi connectivity index (χ0) is 15.9. The van der Waals surface area contributed by atoms with Crippen molar-refractivity contribution in [3.05, 3.63) is 28.2 Å². The lowest BCUT2D eigenvalue weighted by Crippen LogP contribution is -2.44. The molecule has 0 bridgehead atoms. The first-order valence-corrected chi connectivity index (χ1v) is 8.39. The third-order valence-electron chi connectivity index (χ3n) is 3.39. The van der Waals surface area contributed by atoms with Crippen LogP contribution in [0.2, 0.25) is 10.0 Å². The Morgan fingerprint density at radius 1 is 1.23 bits per heavy atom. The van der Waals surface area contributed by atoms with Gasteiger partial charge in [0.2, 0.25) is 0 Å². The number of hydrogen-bond donors (Lipinski definition) is 1. The quantitative estimate of drug-likeness (QED) is 0.835. The molecule has 4 nitrogen and oxygen atoms in total. The van der Waals surface area contributed by atoms with Crippen molar-refractivity contribution in [2.75, 3.05) is 19.7 Å². The molecule has 1 aliphatic rings. The van der Waals surface area contributed by atoms with Crippen molar-refractivity contribution in [3.8, 4) is 5.75 Å². The lowest BCUT2D eigenvalue weighted by atomic mass is 10.2. The molecule has 1 heterocycles. The first-order chi connectivity index (χ1) is 10.6. The second kappa shape index (κ2) is 8.56. The van der Waals surface area contributed by atoms with Crippen molar-refractivity contribution < 1.29 is 9.53 Å². The van der Waals surface area contributed by atoms with E-state index in [2.05, 4.69) is 5.32 Å². The number of carbonyl (C=O) groups excluding carboxylic acids is 1. The third kappa shape index (κ3) is 5.30. The van der Waals surface area contributed by atoms with Gasteiger partial charge in [-0.2, -0.15) is 0 Å². The predicted molar refractivity (Wildman–Crippen MR) is 92.7 cm³/mol. The average Bonchev–Trinajstić information content (AvgIpc) is 2.75. The fraction of sp³-hybridized carbons (Fsp3) is 0.467. The summed E-state index contributed by atoms with van der Waals surface area (Å²) >= 11 is 17.1. The molecule has 0 unspecified atom stereocenters. The molecule has 1 amide bonds. The Balaban J connectivity index is 1.80. The van der Waals surface area contributed by atoms with Crippen LogP contribution in [-0.2, 0) is 4.79 Å². The minimum absolute atomic E-state index is 0.144. The number of halogens is 2. The normalized spacial score (nSPS) is 15.1. The maximum atomic E-state index is 11.9. The number of nitrogens with zero attached hydrogens (tertiary/aromatic N) is 1. The predicted octanol–water partition coefficient (Wildman–Crippen LogP) is 3.65. The Morgan fingerprint density at radius 3 is 2.55 bits per heavy atom. The lowest BCUT2D eigenvalue weighted by Gasteiger charge is -2.23. The number of amides is 1. The van der Waals surface area contributed by atoms with Gasteiger partial charge in [-0.05, 0) is 43.3 Å². The lowest BCUT2D eigenvalue weighted by molar-refractivity contribution is -0.121. The number of rotatable bonds is 3. The van der Waals surface area contributed by atoms with Crippen molar-refractivity contribution in [2.45, 2.75) is 25.7 Å². The minimum atomic E-state index is -0.291. The highest BCUT2D eigenvalue weighted by atomic mass is 35.5. The van der Waals surface area contributed by atoms with Crippen molar-refractivity contribution in [3.63, 3.8) is 0 Å². The van der Waals surface area contributed by atoms with E-state index in [1.807, 2.05) is 4.90 Å². The van der Waals surface area contributed by atoms with Crippen LogP contribution < -0.4 is 10.1 Å². The van der Waals surface area contributed by atoms with Gasteiger partial charge in [0, 0.05) is 18.1 Å². The maximum absolute atomic E-state index is 11.9. The minimum Gasteiger partial charge on any atom is -0.482 e. The molecule has 1 aromatic rings. The summed E-state index contributed by atoms with van der Waals surface area (Å²) in [6.07, 6.45) is 4.64. The van der Waals surface area contributed by atoms with E-state index in [0.29, 0.717) is 20.9 Å². The van der Waals surface area contributed by atoms with Crippen molar-refractivity contribution in [1.29, 1.82) is 0 Å². The molecule has 0 radical (unpaired) electrons. The van der Waals surface area contributed by atoms with Crippen LogP contribution in [-0.4, -0.2) is 35.6 Å². The van der Waals surface area contributed by atoms with Crippen LogP contribution in [0.3, 0.4) is 0 Å². The molecule has 1 aromatic carbocycles. The SMILES string of the molecule is O=C(COc1ccc(Cl)cc1Cl)NC(=S)N1CCCCCC1. The van der Waals surface area contributed by atoms with E-state index in [9.17, 15) is 4.79 Å². The van der Waals surface area contributed by atoms with Crippen LogP contribution in [0.15, 0.2) is 18.2 Å². The standard InChI is InChI=1S/C15H18Cl2N2O2S/c16-11-5-6-13(12(17)9-11)21-10-14(20)18-15(22)19-7-3-1-2-4-8-19/h5-6,9H,1-4,7-8,10H2,(H,18,20,22). The van der Waals surface area contributed by atoms with E-state index in [1.54, 1.807) is 18.2 Å². The Kier molecular flexibility index (Phi) is 6.73. The maximum Gasteiger partial charge on any atom is 0.264 e. The largest absolute Gasteiger partial charge is 0.482 e. The van der Waals surface area contributed by atoms with Crippen molar-refractivity contribution in [1.82, 2.24) is 10.2 Å². The molecule has 2 rings (SSSR count). The average molecular weight is 361 g/mol. The summed E-state index contributed by atoms with van der Waals surface area (Å²) < 4.78 is 5.39. The van der Waals surface area contributed by atoms with Gasteiger partial charge in [-0.3, -0.25) is 4.79 Å². The van der Waals surface area contributed by atoms with Gasteiger partial charge in [0.25, 0.3) is 5.91 Å². The number of hydrogen-bond acceptors (Lipinski definition) is 3. The number of carbonyl (C=O) groups is 1. The summed E-state index contributed by atoms with van der Waals surface area (Å²) in [5.74, 6) is 0.127. The number of ether oxygens (including phenoxy) is 1. The molecule has 1 saturated heterocycles. The summed E-state index contributed by atoms with van der Waals surface area (Å²) in [4.78, 5) is 14.0. The van der Waals surface area contributed by atoms with Crippen molar-refractivity contribution >= 4 is 46.4 Å². The first kappa shape index (κ1) is 17.3. The van der Waals surface area contributed by atoms with E-state index in [-0.39, 0.29) is 12.5 Å². The molecule has 0 spiro atoms. The van der Waals surface area contributed by atoms with E-state index < -0.39 is 0 Å². The summed E-state index contributed by atoms with van der Waals surface area (Å²) in [7, 11) is 0. The number of benzene rings is 1. The van der Waals surface area contributed by atoms with Gasteiger partial charge in [-0.25, -0.2) is 0 Å². The Morgan fingerprint density at radius 2 is 1.91 bits per heavy atom. The van der Waals surface area contributed by atoms with Crippen LogP contribution in [0.1, 0.15) is 25.7 Å². The van der Waals surface area contributed by atoms with Gasteiger partial charge in [-0.1, -0.05) is 36.0 Å². The molecule has 1 N–H and O–H groups in total. The highest BCUT2D eigenvalue weighted by Gasteiger charge is 2.15. The van der Waals surface area contributed by atoms with Gasteiger partial charge >= 0.3 is 0 Å². The van der Waals surface area contributed by atoms with Crippen LogP contribution >= 0.6 is 35.4 Å². The molecular weight excluding hydrogens is 343 g/mol. The summed E-state index contributed by atoms with van der Waals surface area (Å²) in [5.41, 5.74) is 0. The van der Waals surface area contributed by atoms with E-state index in [0.717, 1.165) is 25.9 Å². The molecule has 0 aliphatic carbocycles. The van der Waals surface area contributed by atoms with Crippen LogP contribution in [0, 0.1) is 0 Å². The number of thiocarbonyl (C=S) groups is 1. The molecule has 120 valence electrons. The number of likely N-dealkylation sites (tertiary alicyclic amines) is 1. The molecule has 1 fully saturated rings. The molecular formula is C15H18Cl2N2O2S. The van der Waals surface area contributed by atoms with E-state index in [1.165, 1.54) is 12.8 Å². The van der Waals surface area contributed by atoms with Gasteiger partial charge in [-0.15, -0.1) is 0 Å². The zero-order valence-electron chi connectivity index (χ0n) is 12.1. The molecule has 7 heteroatoms. The highest BCUT2D eigenvalue weighted by molar-refractivity contribution is 7.80. The smallest absolute Gasteiger partial charge is 0.264 e. The molecule has 0 saturated carbocycles. The van der Waals surface area contributed by atoms with E-state index in [4.69, 9.17) is 40.2 Å². The Labute approximate surface area is 145 Å². The Hall–Kier alpha value is -1.04. The topological polar surface area (TPSA) is 41.6 Å². The second-order valence-corrected chi connectivity index (χ2v) is 6.35. The van der Waals surface area contributed by atoms with Crippen LogP contribution in [0.4, 0.5) is 0 Å². The third-order valence-corrected chi connectivity index (χ3v) is 4.28. The summed E-state index contributed by atoms with van der Waals surface area (Å²) in [6, 6.07) is 4.85. The van der Waals surface area contributed by atoms with Gasteiger partial charge in [0.05, 0.1) is 5.02 Å². The second-order valence-electron chi connectivity index (χ2n) is 5.12. The fourth-order valence-corrected chi connectivity index (χ4v) is 3.00. The van der Waals surface area contributed by atoms with Crippen LogP contribution in [0.5, 0.6) is 5.75 Å². The first-order valence-electron chi connectivity index (χ1n) is 7.23. The van der Waals surface area contributed by atoms with Crippen LogP contribution in [0.25, 0.3) is 0 Å². The fourth-order valence-electron chi connectivity index (χ4n) is 2.24. The van der Waals surface area contributed by atoms with Crippen molar-refractivity contribution in [2.24, 2.45) is 0 Å². The molecule has 0 atom stereocenters. The zero-order valence-corrected chi connectivity index (χ0v) is 14.4. The molecule has 0 aromatic heterocycles. The van der Waals surface area contributed by atoms with Gasteiger partial charge in [0.1, 0.15) is 5.75 Å².